The topological polar surface area (TPSA) is 29.1 Å². The van der Waals surface area contributed by atoms with E-state index in [9.17, 15) is 13.6 Å². The van der Waals surface area contributed by atoms with Crippen LogP contribution in [0.2, 0.25) is 0 Å². The minimum Gasteiger partial charge on any atom is -0.349 e. The van der Waals surface area contributed by atoms with Crippen molar-refractivity contribution in [2.75, 3.05) is 0 Å². The highest BCUT2D eigenvalue weighted by Gasteiger charge is 2.12. The quantitative estimate of drug-likeness (QED) is 0.913. The second kappa shape index (κ2) is 5.93. The molecular formula is C14H13F2NOS. The van der Waals surface area contributed by atoms with Crippen LogP contribution < -0.4 is 5.32 Å². The Bertz CT molecular complexity index is 569. The van der Waals surface area contributed by atoms with Gasteiger partial charge in [-0.2, -0.15) is 0 Å². The van der Waals surface area contributed by atoms with Crippen molar-refractivity contribution in [3.8, 4) is 0 Å². The molecule has 0 radical (unpaired) electrons. The Morgan fingerprint density at radius 1 is 1.32 bits per heavy atom. The van der Waals surface area contributed by atoms with Crippen molar-refractivity contribution in [1.82, 2.24) is 5.32 Å². The molecule has 2 aromatic rings. The lowest BCUT2D eigenvalue weighted by atomic mass is 10.1. The van der Waals surface area contributed by atoms with E-state index in [4.69, 9.17) is 0 Å². The molecule has 5 heteroatoms. The van der Waals surface area contributed by atoms with Gasteiger partial charge in [-0.3, -0.25) is 4.79 Å². The van der Waals surface area contributed by atoms with Crippen LogP contribution >= 0.6 is 11.3 Å². The third-order valence-corrected chi connectivity index (χ3v) is 3.61. The van der Waals surface area contributed by atoms with Crippen LogP contribution in [-0.4, -0.2) is 5.91 Å². The lowest BCUT2D eigenvalue weighted by molar-refractivity contribution is -0.121. The summed E-state index contributed by atoms with van der Waals surface area (Å²) < 4.78 is 25.9. The number of hydrogen-bond acceptors (Lipinski definition) is 2. The fraction of sp³-hybridized carbons (Fsp3) is 0.214. The van der Waals surface area contributed by atoms with Crippen LogP contribution in [0.25, 0.3) is 0 Å². The third-order valence-electron chi connectivity index (χ3n) is 2.74. The van der Waals surface area contributed by atoms with Crippen molar-refractivity contribution >= 4 is 17.2 Å². The smallest absolute Gasteiger partial charge is 0.225 e. The molecule has 1 heterocycles. The highest BCUT2D eigenvalue weighted by atomic mass is 32.1. The maximum absolute atomic E-state index is 13.1. The van der Waals surface area contributed by atoms with Crippen molar-refractivity contribution in [2.24, 2.45) is 0 Å². The van der Waals surface area contributed by atoms with Crippen LogP contribution in [0.15, 0.2) is 35.7 Å². The van der Waals surface area contributed by atoms with Crippen molar-refractivity contribution in [2.45, 2.75) is 19.4 Å². The summed E-state index contributed by atoms with van der Waals surface area (Å²) in [7, 11) is 0. The number of rotatable bonds is 4. The first kappa shape index (κ1) is 13.7. The van der Waals surface area contributed by atoms with Gasteiger partial charge in [0.2, 0.25) is 5.91 Å². The fourth-order valence-electron chi connectivity index (χ4n) is 1.73. The summed E-state index contributed by atoms with van der Waals surface area (Å²) in [5.41, 5.74) is 0.540. The number of carbonyl (C=O) groups excluding carboxylic acids is 1. The molecule has 1 atom stereocenters. The third kappa shape index (κ3) is 3.61. The van der Waals surface area contributed by atoms with Crippen molar-refractivity contribution in [1.29, 1.82) is 0 Å². The first-order valence-electron chi connectivity index (χ1n) is 5.83. The zero-order valence-electron chi connectivity index (χ0n) is 10.3. The van der Waals surface area contributed by atoms with E-state index in [0.717, 1.165) is 17.0 Å². The molecular weight excluding hydrogens is 268 g/mol. The van der Waals surface area contributed by atoms with E-state index in [1.54, 1.807) is 6.92 Å². The molecule has 0 spiro atoms. The lowest BCUT2D eigenvalue weighted by Crippen LogP contribution is -2.27. The van der Waals surface area contributed by atoms with Crippen molar-refractivity contribution in [3.05, 3.63) is 57.8 Å². The molecule has 0 aliphatic heterocycles. The summed E-state index contributed by atoms with van der Waals surface area (Å²) in [6.07, 6.45) is 0.297. The Balaban J connectivity index is 1.98. The normalized spacial score (nSPS) is 12.2. The molecule has 1 aromatic carbocycles. The van der Waals surface area contributed by atoms with Gasteiger partial charge in [-0.1, -0.05) is 12.1 Å². The summed E-state index contributed by atoms with van der Waals surface area (Å²) in [6.45, 7) is 1.74. The molecule has 0 aliphatic rings. The molecule has 1 aromatic heterocycles. The summed E-state index contributed by atoms with van der Waals surface area (Å²) in [5.74, 6) is -1.93. The highest BCUT2D eigenvalue weighted by Crippen LogP contribution is 2.16. The molecule has 1 N–H and O–H groups in total. The number of benzene rings is 1. The van der Waals surface area contributed by atoms with Gasteiger partial charge in [0, 0.05) is 4.88 Å². The molecule has 2 rings (SSSR count). The zero-order valence-corrected chi connectivity index (χ0v) is 11.1. The van der Waals surface area contributed by atoms with Gasteiger partial charge in [0.1, 0.15) is 0 Å². The molecule has 100 valence electrons. The van der Waals surface area contributed by atoms with Crippen molar-refractivity contribution in [3.63, 3.8) is 0 Å². The van der Waals surface area contributed by atoms with Crippen LogP contribution in [0.4, 0.5) is 8.78 Å². The van der Waals surface area contributed by atoms with Gasteiger partial charge >= 0.3 is 0 Å². The fourth-order valence-corrected chi connectivity index (χ4v) is 2.43. The van der Waals surface area contributed by atoms with E-state index in [0.29, 0.717) is 12.0 Å². The molecule has 0 saturated heterocycles. The number of nitrogens with one attached hydrogen (secondary N) is 1. The minimum atomic E-state index is -0.906. The van der Waals surface area contributed by atoms with Gasteiger partial charge in [-0.25, -0.2) is 8.78 Å². The zero-order chi connectivity index (χ0) is 13.8. The minimum absolute atomic E-state index is 0.139. The van der Waals surface area contributed by atoms with Gasteiger partial charge < -0.3 is 5.32 Å². The van der Waals surface area contributed by atoms with Crippen LogP contribution in [-0.2, 0) is 11.2 Å². The standard InChI is InChI=1S/C14H13F2NOS/c1-9(10-4-5-12(15)13(16)7-10)17-14(18)8-11-3-2-6-19-11/h2-7,9H,8H2,1H3,(H,17,18)/t9-/m0/s1. The SMILES string of the molecule is C[C@H](NC(=O)Cc1cccs1)c1ccc(F)c(F)c1. The maximum atomic E-state index is 13.1. The number of carbonyl (C=O) groups is 1. The van der Waals surface area contributed by atoms with E-state index in [-0.39, 0.29) is 11.9 Å². The molecule has 1 amide bonds. The molecule has 0 bridgehead atoms. The van der Waals surface area contributed by atoms with Crippen molar-refractivity contribution < 1.29 is 13.6 Å². The van der Waals surface area contributed by atoms with Gasteiger partial charge in [0.25, 0.3) is 0 Å². The number of thiophene rings is 1. The second-order valence-electron chi connectivity index (χ2n) is 4.22. The van der Waals surface area contributed by atoms with E-state index in [1.165, 1.54) is 17.4 Å². The second-order valence-corrected chi connectivity index (χ2v) is 5.25. The largest absolute Gasteiger partial charge is 0.349 e. The molecule has 0 fully saturated rings. The number of hydrogen-bond donors (Lipinski definition) is 1. The van der Waals surface area contributed by atoms with Crippen LogP contribution in [0.3, 0.4) is 0 Å². The molecule has 0 unspecified atom stereocenters. The summed E-state index contributed by atoms with van der Waals surface area (Å²) in [6, 6.07) is 7.04. The molecule has 2 nitrogen and oxygen atoms in total. The van der Waals surface area contributed by atoms with E-state index in [2.05, 4.69) is 5.32 Å². The number of halogens is 2. The molecule has 0 saturated carbocycles. The van der Waals surface area contributed by atoms with Crippen LogP contribution in [0, 0.1) is 11.6 Å². The van der Waals surface area contributed by atoms with Gasteiger partial charge in [-0.15, -0.1) is 11.3 Å². The number of amides is 1. The van der Waals surface area contributed by atoms with Gasteiger partial charge in [-0.05, 0) is 36.1 Å². The predicted octanol–water partition coefficient (Wildman–Crippen LogP) is 3.45. The summed E-state index contributed by atoms with van der Waals surface area (Å²) in [4.78, 5) is 12.7. The monoisotopic (exact) mass is 281 g/mol. The highest BCUT2D eigenvalue weighted by molar-refractivity contribution is 7.10. The Morgan fingerprint density at radius 3 is 2.74 bits per heavy atom. The first-order valence-corrected chi connectivity index (χ1v) is 6.71. The Hall–Kier alpha value is -1.75. The average molecular weight is 281 g/mol. The Morgan fingerprint density at radius 2 is 2.11 bits per heavy atom. The van der Waals surface area contributed by atoms with Crippen LogP contribution in [0.1, 0.15) is 23.4 Å². The molecule has 0 aliphatic carbocycles. The summed E-state index contributed by atoms with van der Waals surface area (Å²) in [5, 5.41) is 4.66. The molecule has 19 heavy (non-hydrogen) atoms. The average Bonchev–Trinajstić information content (AvgIpc) is 2.85. The van der Waals surface area contributed by atoms with Gasteiger partial charge in [0.15, 0.2) is 11.6 Å². The van der Waals surface area contributed by atoms with E-state index >= 15 is 0 Å². The van der Waals surface area contributed by atoms with E-state index < -0.39 is 11.6 Å². The lowest BCUT2D eigenvalue weighted by Gasteiger charge is -2.14. The first-order chi connectivity index (χ1) is 9.06. The Labute approximate surface area is 114 Å². The predicted molar refractivity (Wildman–Crippen MR) is 70.9 cm³/mol. The summed E-state index contributed by atoms with van der Waals surface area (Å²) >= 11 is 1.51. The maximum Gasteiger partial charge on any atom is 0.225 e. The van der Waals surface area contributed by atoms with Gasteiger partial charge in [0.05, 0.1) is 12.5 Å². The van der Waals surface area contributed by atoms with Crippen LogP contribution in [0.5, 0.6) is 0 Å². The van der Waals surface area contributed by atoms with E-state index in [1.807, 2.05) is 17.5 Å². The Kier molecular flexibility index (Phi) is 4.27.